The third-order valence-corrected chi connectivity index (χ3v) is 6.52. The standard InChI is InChI=1S/C19H21ClN2OS/c20-16-5-1-3-14(11-16)13-21-7-9-22(10-8-21)19(23)18-12-15-4-2-6-17(15)24-18/h1,3,5,11-12H,2,4,6-10,13H2/p+1. The van der Waals surface area contributed by atoms with Gasteiger partial charge in [0.2, 0.25) is 0 Å². The van der Waals surface area contributed by atoms with Crippen LogP contribution >= 0.6 is 22.9 Å². The normalized spacial score (nSPS) is 18.0. The average Bonchev–Trinajstić information content (AvgIpc) is 3.16. The van der Waals surface area contributed by atoms with Gasteiger partial charge in [-0.05, 0) is 43.0 Å². The van der Waals surface area contributed by atoms with Crippen LogP contribution in [0, 0.1) is 0 Å². The fourth-order valence-corrected chi connectivity index (χ4v) is 5.16. The molecule has 1 aliphatic carbocycles. The van der Waals surface area contributed by atoms with Crippen molar-refractivity contribution >= 4 is 28.8 Å². The lowest BCUT2D eigenvalue weighted by molar-refractivity contribution is -0.917. The van der Waals surface area contributed by atoms with E-state index in [1.165, 1.54) is 27.3 Å². The van der Waals surface area contributed by atoms with Crippen LogP contribution in [0.5, 0.6) is 0 Å². The number of quaternary nitrogens is 1. The van der Waals surface area contributed by atoms with E-state index in [4.69, 9.17) is 11.6 Å². The first kappa shape index (κ1) is 16.1. The van der Waals surface area contributed by atoms with Crippen molar-refractivity contribution < 1.29 is 9.69 Å². The number of benzene rings is 1. The fourth-order valence-electron chi connectivity index (χ4n) is 3.73. The molecular weight excluding hydrogens is 340 g/mol. The van der Waals surface area contributed by atoms with Crippen molar-refractivity contribution in [1.82, 2.24) is 4.90 Å². The van der Waals surface area contributed by atoms with Gasteiger partial charge in [-0.25, -0.2) is 0 Å². The van der Waals surface area contributed by atoms with E-state index < -0.39 is 0 Å². The summed E-state index contributed by atoms with van der Waals surface area (Å²) >= 11 is 7.78. The van der Waals surface area contributed by atoms with Crippen molar-refractivity contribution in [2.24, 2.45) is 0 Å². The zero-order chi connectivity index (χ0) is 16.5. The second-order valence-electron chi connectivity index (χ2n) is 6.76. The Hall–Kier alpha value is -1.36. The lowest BCUT2D eigenvalue weighted by atomic mass is 10.2. The summed E-state index contributed by atoms with van der Waals surface area (Å²) in [7, 11) is 0. The number of amides is 1. The number of halogens is 1. The highest BCUT2D eigenvalue weighted by Crippen LogP contribution is 2.31. The van der Waals surface area contributed by atoms with Gasteiger partial charge < -0.3 is 9.80 Å². The van der Waals surface area contributed by atoms with Crippen molar-refractivity contribution in [3.05, 3.63) is 56.2 Å². The third kappa shape index (κ3) is 3.37. The van der Waals surface area contributed by atoms with Crippen LogP contribution in [0.2, 0.25) is 5.02 Å². The van der Waals surface area contributed by atoms with E-state index in [1.54, 1.807) is 11.3 Å². The molecule has 0 radical (unpaired) electrons. The van der Waals surface area contributed by atoms with Gasteiger partial charge in [0.1, 0.15) is 6.54 Å². The molecule has 0 spiro atoms. The number of nitrogens with one attached hydrogen (secondary N) is 1. The van der Waals surface area contributed by atoms with Crippen molar-refractivity contribution in [1.29, 1.82) is 0 Å². The SMILES string of the molecule is O=C(c1cc2c(s1)CCC2)N1CC[NH+](Cc2cccc(Cl)c2)CC1. The Morgan fingerprint density at radius 1 is 1.21 bits per heavy atom. The summed E-state index contributed by atoms with van der Waals surface area (Å²) in [5, 5.41) is 0.798. The van der Waals surface area contributed by atoms with Gasteiger partial charge in [-0.15, -0.1) is 11.3 Å². The summed E-state index contributed by atoms with van der Waals surface area (Å²) in [6.07, 6.45) is 3.56. The monoisotopic (exact) mass is 361 g/mol. The zero-order valence-corrected chi connectivity index (χ0v) is 15.3. The Kier molecular flexibility index (Phi) is 4.61. The second-order valence-corrected chi connectivity index (χ2v) is 8.33. The average molecular weight is 362 g/mol. The molecule has 2 heterocycles. The second kappa shape index (κ2) is 6.87. The Balaban J connectivity index is 1.34. The quantitative estimate of drug-likeness (QED) is 0.892. The van der Waals surface area contributed by atoms with Crippen LogP contribution in [-0.4, -0.2) is 37.0 Å². The van der Waals surface area contributed by atoms with Crippen molar-refractivity contribution in [2.45, 2.75) is 25.8 Å². The van der Waals surface area contributed by atoms with Gasteiger partial charge in [0, 0.05) is 15.5 Å². The maximum atomic E-state index is 12.7. The van der Waals surface area contributed by atoms with Crippen LogP contribution in [0.4, 0.5) is 0 Å². The van der Waals surface area contributed by atoms with Gasteiger partial charge in [-0.3, -0.25) is 4.79 Å². The van der Waals surface area contributed by atoms with Gasteiger partial charge >= 0.3 is 0 Å². The van der Waals surface area contributed by atoms with Crippen LogP contribution in [0.1, 0.15) is 32.1 Å². The molecule has 2 aliphatic rings. The molecule has 1 saturated heterocycles. The van der Waals surface area contributed by atoms with E-state index in [9.17, 15) is 4.79 Å². The predicted molar refractivity (Wildman–Crippen MR) is 98.1 cm³/mol. The lowest BCUT2D eigenvalue weighted by Crippen LogP contribution is -3.13. The van der Waals surface area contributed by atoms with E-state index in [-0.39, 0.29) is 5.91 Å². The van der Waals surface area contributed by atoms with Crippen LogP contribution in [0.3, 0.4) is 0 Å². The molecule has 1 aromatic heterocycles. The maximum Gasteiger partial charge on any atom is 0.264 e. The molecule has 2 aromatic rings. The van der Waals surface area contributed by atoms with E-state index in [0.29, 0.717) is 0 Å². The third-order valence-electron chi connectivity index (χ3n) is 5.06. The molecule has 0 bridgehead atoms. The largest absolute Gasteiger partial charge is 0.328 e. The number of hydrogen-bond acceptors (Lipinski definition) is 2. The Bertz CT molecular complexity index is 728. The summed E-state index contributed by atoms with van der Waals surface area (Å²) in [5.41, 5.74) is 2.68. The molecule has 1 aliphatic heterocycles. The van der Waals surface area contributed by atoms with Gasteiger partial charge in [0.25, 0.3) is 5.91 Å². The number of hydrogen-bond donors (Lipinski definition) is 1. The van der Waals surface area contributed by atoms with Crippen LogP contribution < -0.4 is 4.90 Å². The van der Waals surface area contributed by atoms with Crippen molar-refractivity contribution in [3.63, 3.8) is 0 Å². The summed E-state index contributed by atoms with van der Waals surface area (Å²) in [6, 6.07) is 10.2. The molecular formula is C19H22ClN2OS+. The molecule has 4 rings (SSSR count). The minimum Gasteiger partial charge on any atom is -0.328 e. The molecule has 126 valence electrons. The highest BCUT2D eigenvalue weighted by molar-refractivity contribution is 7.14. The number of thiophene rings is 1. The molecule has 1 N–H and O–H groups in total. The minimum absolute atomic E-state index is 0.233. The van der Waals surface area contributed by atoms with Crippen LogP contribution in [0.25, 0.3) is 0 Å². The number of aryl methyl sites for hydroxylation is 2. The minimum atomic E-state index is 0.233. The lowest BCUT2D eigenvalue weighted by Gasteiger charge is -2.32. The number of rotatable bonds is 3. The molecule has 1 amide bonds. The molecule has 0 saturated carbocycles. The maximum absolute atomic E-state index is 12.7. The number of carbonyl (C=O) groups is 1. The molecule has 0 unspecified atom stereocenters. The van der Waals surface area contributed by atoms with Gasteiger partial charge in [-0.2, -0.15) is 0 Å². The first-order valence-electron chi connectivity index (χ1n) is 8.68. The topological polar surface area (TPSA) is 24.8 Å². The molecule has 24 heavy (non-hydrogen) atoms. The van der Waals surface area contributed by atoms with Crippen LogP contribution in [0.15, 0.2) is 30.3 Å². The summed E-state index contributed by atoms with van der Waals surface area (Å²) in [6.45, 7) is 4.68. The zero-order valence-electron chi connectivity index (χ0n) is 13.7. The highest BCUT2D eigenvalue weighted by atomic mass is 35.5. The predicted octanol–water partition coefficient (Wildman–Crippen LogP) is 2.43. The van der Waals surface area contributed by atoms with Crippen LogP contribution in [-0.2, 0) is 19.4 Å². The van der Waals surface area contributed by atoms with Gasteiger partial charge in [0.05, 0.1) is 31.1 Å². The molecule has 3 nitrogen and oxygen atoms in total. The molecule has 1 aromatic carbocycles. The van der Waals surface area contributed by atoms with E-state index in [1.807, 2.05) is 23.1 Å². The summed E-state index contributed by atoms with van der Waals surface area (Å²) in [4.78, 5) is 18.7. The number of piperazine rings is 1. The Morgan fingerprint density at radius 3 is 2.79 bits per heavy atom. The molecule has 0 atom stereocenters. The Morgan fingerprint density at radius 2 is 2.04 bits per heavy atom. The van der Waals surface area contributed by atoms with Gasteiger partial charge in [0.15, 0.2) is 0 Å². The number of nitrogens with zero attached hydrogens (tertiary/aromatic N) is 1. The summed E-state index contributed by atoms with van der Waals surface area (Å²) in [5.74, 6) is 0.233. The van der Waals surface area contributed by atoms with Crippen molar-refractivity contribution in [2.75, 3.05) is 26.2 Å². The first-order chi connectivity index (χ1) is 11.7. The van der Waals surface area contributed by atoms with E-state index in [0.717, 1.165) is 55.5 Å². The van der Waals surface area contributed by atoms with E-state index >= 15 is 0 Å². The fraction of sp³-hybridized carbons (Fsp3) is 0.421. The summed E-state index contributed by atoms with van der Waals surface area (Å²) < 4.78 is 0. The Labute approximate surface area is 151 Å². The molecule has 5 heteroatoms. The molecule has 1 fully saturated rings. The first-order valence-corrected chi connectivity index (χ1v) is 9.87. The van der Waals surface area contributed by atoms with Gasteiger partial charge in [-0.1, -0.05) is 23.7 Å². The smallest absolute Gasteiger partial charge is 0.264 e. The number of carbonyl (C=O) groups excluding carboxylic acids is 1. The van der Waals surface area contributed by atoms with E-state index in [2.05, 4.69) is 12.1 Å². The highest BCUT2D eigenvalue weighted by Gasteiger charge is 2.27. The van der Waals surface area contributed by atoms with Crippen molar-refractivity contribution in [3.8, 4) is 0 Å². The number of fused-ring (bicyclic) bond motifs is 1.